The predicted molar refractivity (Wildman–Crippen MR) is 145 cm³/mol. The molecule has 1 aliphatic rings. The van der Waals surface area contributed by atoms with Crippen molar-refractivity contribution in [3.8, 4) is 0 Å². The number of rotatable bonds is 21. The molecule has 1 saturated heterocycles. The number of cyclic esters (lactones) is 2. The van der Waals surface area contributed by atoms with E-state index in [4.69, 9.17) is 14.2 Å². The number of unbranched alkanes of at least 4 members (excludes halogenated alkanes) is 15. The second kappa shape index (κ2) is 23.4. The summed E-state index contributed by atoms with van der Waals surface area (Å²) in [6.07, 6.45) is 18.8. The van der Waals surface area contributed by atoms with Crippen LogP contribution in [0.25, 0.3) is 0 Å². The van der Waals surface area contributed by atoms with Gasteiger partial charge in [-0.2, -0.15) is 0 Å². The van der Waals surface area contributed by atoms with Crippen LogP contribution in [0.15, 0.2) is 0 Å². The Morgan fingerprint density at radius 3 is 1.77 bits per heavy atom. The zero-order valence-corrected chi connectivity index (χ0v) is 28.6. The molecular weight excluding hydrogens is 567 g/mol. The first-order valence-electron chi connectivity index (χ1n) is 14.7. The van der Waals surface area contributed by atoms with E-state index in [0.29, 0.717) is 6.42 Å². The topological polar surface area (TPSA) is 156 Å². The van der Waals surface area contributed by atoms with Crippen molar-refractivity contribution < 1.29 is 98.1 Å². The van der Waals surface area contributed by atoms with Crippen molar-refractivity contribution >= 4 is 28.0 Å². The first-order chi connectivity index (χ1) is 18.6. The minimum Gasteiger partial charge on any atom is -0.747 e. The number of carbonyl (C=O) groups excluding carboxylic acids is 3. The smallest absolute Gasteiger partial charge is 0.747 e. The number of aliphatic hydroxyl groups is 1. The van der Waals surface area contributed by atoms with Gasteiger partial charge in [0.25, 0.3) is 0 Å². The Hall–Kier alpha value is -0.0836. The first-order valence-corrected chi connectivity index (χ1v) is 16.1. The summed E-state index contributed by atoms with van der Waals surface area (Å²) in [5, 5.41) is 7.61. The molecule has 1 N–H and O–H groups in total. The molecule has 2 unspecified atom stereocenters. The van der Waals surface area contributed by atoms with Crippen LogP contribution in [-0.4, -0.2) is 67.7 Å². The molecule has 0 aromatic heterocycles. The molecule has 10 nitrogen and oxygen atoms in total. The maximum Gasteiger partial charge on any atom is 1.00 e. The number of hydrogen-bond acceptors (Lipinski definition) is 10. The molecule has 0 bridgehead atoms. The second-order valence-corrected chi connectivity index (χ2v) is 12.4. The normalized spacial score (nSPS) is 19.9. The molecule has 2 atom stereocenters. The van der Waals surface area contributed by atoms with Crippen LogP contribution in [0.5, 0.6) is 0 Å². The van der Waals surface area contributed by atoms with Gasteiger partial charge in [-0.05, 0) is 6.42 Å². The fraction of sp³-hybridized carbons (Fsp3) is 0.893. The van der Waals surface area contributed by atoms with Crippen LogP contribution in [0, 0.1) is 5.41 Å². The Labute approximate surface area is 283 Å². The molecule has 0 amide bonds. The van der Waals surface area contributed by atoms with Crippen molar-refractivity contribution in [2.24, 2.45) is 5.41 Å². The summed E-state index contributed by atoms with van der Waals surface area (Å²) in [6.45, 7) is 0.153. The largest absolute Gasteiger partial charge is 1.00 e. The summed E-state index contributed by atoms with van der Waals surface area (Å²) in [5.41, 5.74) is -1.45. The molecule has 1 fully saturated rings. The van der Waals surface area contributed by atoms with Crippen molar-refractivity contribution in [2.45, 2.75) is 128 Å². The molecule has 1 rings (SSSR count). The van der Waals surface area contributed by atoms with E-state index in [9.17, 15) is 32.5 Å². The maximum absolute atomic E-state index is 12.2. The number of ether oxygens (including phenoxy) is 3. The van der Waals surface area contributed by atoms with Crippen LogP contribution < -0.4 is 51.4 Å². The van der Waals surface area contributed by atoms with Gasteiger partial charge in [0.05, 0.1) is 18.4 Å². The van der Waals surface area contributed by atoms with Gasteiger partial charge in [-0.3, -0.25) is 14.4 Å². The molecule has 0 radical (unpaired) electrons. The molecule has 228 valence electrons. The standard InChI is InChI=1S/C28H50O10S.K/c1-2-3-4-5-6-7-8-9-10-11-12-13-14-15-16-17-18-25(30)36-21-28(20-29)22-37-26(31)19-24(39(33,34)35)27(32)38-23-28;/h24,29H,2-23H2,1H3,(H,33,34,35);/q;+1/p-1. The molecule has 0 aromatic rings. The second-order valence-electron chi connectivity index (χ2n) is 10.8. The monoisotopic (exact) mass is 616 g/mol. The minimum atomic E-state index is -5.14. The van der Waals surface area contributed by atoms with Crippen molar-refractivity contribution in [2.75, 3.05) is 26.4 Å². The van der Waals surface area contributed by atoms with Gasteiger partial charge < -0.3 is 23.9 Å². The van der Waals surface area contributed by atoms with E-state index in [-0.39, 0.29) is 57.8 Å². The van der Waals surface area contributed by atoms with Gasteiger partial charge in [-0.25, -0.2) is 8.42 Å². The van der Waals surface area contributed by atoms with Gasteiger partial charge in [0.2, 0.25) is 0 Å². The molecule has 0 aliphatic carbocycles. The van der Waals surface area contributed by atoms with E-state index in [1.54, 1.807) is 0 Å². The maximum atomic E-state index is 12.2. The molecule has 40 heavy (non-hydrogen) atoms. The average molecular weight is 617 g/mol. The Balaban J connectivity index is 0.0000152. The van der Waals surface area contributed by atoms with Gasteiger partial charge in [-0.1, -0.05) is 103 Å². The molecular formula is C28H49KO10S. The zero-order chi connectivity index (χ0) is 29.0. The summed E-state index contributed by atoms with van der Waals surface area (Å²) in [7, 11) is -5.14. The minimum absolute atomic E-state index is 0. The third-order valence-electron chi connectivity index (χ3n) is 7.13. The third kappa shape index (κ3) is 18.5. The number of hydrogen-bond donors (Lipinski definition) is 1. The number of esters is 3. The van der Waals surface area contributed by atoms with Crippen LogP contribution in [0.4, 0.5) is 0 Å². The van der Waals surface area contributed by atoms with Crippen LogP contribution in [0.3, 0.4) is 0 Å². The number of aliphatic hydroxyl groups excluding tert-OH is 1. The van der Waals surface area contributed by atoms with E-state index < -0.39 is 71.5 Å². The third-order valence-corrected chi connectivity index (χ3v) is 8.19. The van der Waals surface area contributed by atoms with Crippen molar-refractivity contribution in [3.05, 3.63) is 0 Å². The summed E-state index contributed by atoms with van der Waals surface area (Å²) in [4.78, 5) is 36.1. The van der Waals surface area contributed by atoms with Crippen LogP contribution in [-0.2, 0) is 38.7 Å². The van der Waals surface area contributed by atoms with Gasteiger partial charge in [0.1, 0.15) is 29.9 Å². The molecule has 0 saturated carbocycles. The van der Waals surface area contributed by atoms with Crippen LogP contribution >= 0.6 is 0 Å². The van der Waals surface area contributed by atoms with E-state index in [1.807, 2.05) is 0 Å². The van der Waals surface area contributed by atoms with E-state index in [0.717, 1.165) is 19.3 Å². The van der Waals surface area contributed by atoms with E-state index >= 15 is 0 Å². The zero-order valence-electron chi connectivity index (χ0n) is 24.7. The fourth-order valence-electron chi connectivity index (χ4n) is 4.45. The SMILES string of the molecule is CCCCCCCCCCCCCCCCCCC(=O)OCC1(CO)COC(=O)CC(S(=O)(=O)[O-])C(=O)OC1.[K+]. The van der Waals surface area contributed by atoms with Gasteiger partial charge >= 0.3 is 69.3 Å². The number of carbonyl (C=O) groups is 3. The Kier molecular flexibility index (Phi) is 23.3. The summed E-state index contributed by atoms with van der Waals surface area (Å²) < 4.78 is 48.9. The van der Waals surface area contributed by atoms with E-state index in [1.165, 1.54) is 77.0 Å². The first kappa shape index (κ1) is 39.9. The predicted octanol–water partition coefficient (Wildman–Crippen LogP) is 1.57. The van der Waals surface area contributed by atoms with Gasteiger partial charge in [0, 0.05) is 6.42 Å². The Morgan fingerprint density at radius 1 is 0.875 bits per heavy atom. The molecule has 1 aliphatic heterocycles. The Morgan fingerprint density at radius 2 is 1.32 bits per heavy atom. The van der Waals surface area contributed by atoms with Gasteiger partial charge in [-0.15, -0.1) is 0 Å². The molecule has 0 spiro atoms. The quantitative estimate of drug-likeness (QED) is 0.0660. The summed E-state index contributed by atoms with van der Waals surface area (Å²) >= 11 is 0. The summed E-state index contributed by atoms with van der Waals surface area (Å²) in [5.74, 6) is -3.00. The van der Waals surface area contributed by atoms with Crippen molar-refractivity contribution in [3.63, 3.8) is 0 Å². The van der Waals surface area contributed by atoms with Crippen LogP contribution in [0.1, 0.15) is 122 Å². The summed E-state index contributed by atoms with van der Waals surface area (Å²) in [6, 6.07) is 0. The van der Waals surface area contributed by atoms with Crippen molar-refractivity contribution in [1.29, 1.82) is 0 Å². The average Bonchev–Trinajstić information content (AvgIpc) is 2.96. The molecule has 1 heterocycles. The molecule has 12 heteroatoms. The van der Waals surface area contributed by atoms with Crippen molar-refractivity contribution in [1.82, 2.24) is 0 Å². The Bertz CT molecular complexity index is 820. The molecule has 0 aromatic carbocycles. The van der Waals surface area contributed by atoms with Gasteiger partial charge in [0.15, 0.2) is 5.25 Å². The van der Waals surface area contributed by atoms with E-state index in [2.05, 4.69) is 6.92 Å². The fourth-order valence-corrected chi connectivity index (χ4v) is 5.09. The van der Waals surface area contributed by atoms with Crippen LogP contribution in [0.2, 0.25) is 0 Å².